The predicted octanol–water partition coefficient (Wildman–Crippen LogP) is 2.82. The van der Waals surface area contributed by atoms with Gasteiger partial charge in [-0.05, 0) is 36.8 Å². The normalized spacial score (nSPS) is 14.1. The summed E-state index contributed by atoms with van der Waals surface area (Å²) in [5.41, 5.74) is 0.758. The number of benzene rings is 2. The van der Waals surface area contributed by atoms with E-state index < -0.39 is 33.4 Å². The second kappa shape index (κ2) is 9.62. The molecule has 1 N–H and O–H groups in total. The standard InChI is InChI=1S/C23H26N2O7S/c1-5-20(26)24-16-9-7-8-15-21(16)23(28)25(22(15)27)17(13-33(4,29)30)14-10-11-18(31-3)19(12-14)32-6-2/h7-12,17H,5-6,13H2,1-4H3,(H,24,26)/t17-/m0/s1. The van der Waals surface area contributed by atoms with E-state index in [2.05, 4.69) is 5.32 Å². The van der Waals surface area contributed by atoms with E-state index in [4.69, 9.17) is 9.47 Å². The highest BCUT2D eigenvalue weighted by Crippen LogP contribution is 2.38. The number of carbonyl (C=O) groups is 3. The zero-order valence-electron chi connectivity index (χ0n) is 18.9. The molecule has 176 valence electrons. The van der Waals surface area contributed by atoms with Crippen LogP contribution in [0.3, 0.4) is 0 Å². The highest BCUT2D eigenvalue weighted by Gasteiger charge is 2.43. The summed E-state index contributed by atoms with van der Waals surface area (Å²) in [7, 11) is -2.13. The summed E-state index contributed by atoms with van der Waals surface area (Å²) in [4.78, 5) is 39.6. The Balaban J connectivity index is 2.12. The Morgan fingerprint density at radius 3 is 2.42 bits per heavy atom. The number of carbonyl (C=O) groups excluding carboxylic acids is 3. The average molecular weight is 475 g/mol. The maximum atomic E-state index is 13.4. The fourth-order valence-electron chi connectivity index (χ4n) is 3.70. The lowest BCUT2D eigenvalue weighted by molar-refractivity contribution is -0.115. The highest BCUT2D eigenvalue weighted by molar-refractivity contribution is 7.90. The van der Waals surface area contributed by atoms with Crippen LogP contribution in [-0.2, 0) is 14.6 Å². The molecule has 3 rings (SSSR count). The monoisotopic (exact) mass is 474 g/mol. The maximum absolute atomic E-state index is 13.4. The largest absolute Gasteiger partial charge is 0.493 e. The number of hydrogen-bond donors (Lipinski definition) is 1. The minimum Gasteiger partial charge on any atom is -0.493 e. The lowest BCUT2D eigenvalue weighted by Gasteiger charge is -2.27. The summed E-state index contributed by atoms with van der Waals surface area (Å²) in [6.45, 7) is 3.79. The topological polar surface area (TPSA) is 119 Å². The van der Waals surface area contributed by atoms with Crippen molar-refractivity contribution in [3.63, 3.8) is 0 Å². The molecule has 0 saturated carbocycles. The molecule has 3 amide bonds. The molecule has 1 heterocycles. The Bertz CT molecular complexity index is 1210. The van der Waals surface area contributed by atoms with Crippen molar-refractivity contribution in [2.45, 2.75) is 26.3 Å². The van der Waals surface area contributed by atoms with Crippen LogP contribution in [0, 0.1) is 0 Å². The fourth-order valence-corrected chi connectivity index (χ4v) is 4.62. The van der Waals surface area contributed by atoms with Crippen LogP contribution in [0.4, 0.5) is 5.69 Å². The number of rotatable bonds is 9. The van der Waals surface area contributed by atoms with Crippen LogP contribution in [0.5, 0.6) is 11.5 Å². The Morgan fingerprint density at radius 1 is 1.09 bits per heavy atom. The molecule has 33 heavy (non-hydrogen) atoms. The number of sulfone groups is 1. The SMILES string of the molecule is CCOc1cc([C@H](CS(C)(=O)=O)N2C(=O)c3cccc(NC(=O)CC)c3C2=O)ccc1OC. The average Bonchev–Trinajstić information content (AvgIpc) is 3.02. The third-order valence-corrected chi connectivity index (χ3v) is 6.11. The number of amides is 3. The van der Waals surface area contributed by atoms with Gasteiger partial charge in [0.25, 0.3) is 11.8 Å². The van der Waals surface area contributed by atoms with E-state index in [1.165, 1.54) is 19.2 Å². The van der Waals surface area contributed by atoms with Crippen LogP contribution in [0.25, 0.3) is 0 Å². The van der Waals surface area contributed by atoms with E-state index in [9.17, 15) is 22.8 Å². The number of hydrogen-bond acceptors (Lipinski definition) is 7. The zero-order valence-corrected chi connectivity index (χ0v) is 19.7. The van der Waals surface area contributed by atoms with Crippen LogP contribution in [0.1, 0.15) is 52.6 Å². The van der Waals surface area contributed by atoms with Gasteiger partial charge < -0.3 is 14.8 Å². The van der Waals surface area contributed by atoms with Gasteiger partial charge in [0.05, 0.1) is 42.3 Å². The molecule has 0 bridgehead atoms. The molecule has 2 aromatic carbocycles. The molecule has 1 atom stereocenters. The number of anilines is 1. The molecule has 1 aliphatic heterocycles. The highest BCUT2D eigenvalue weighted by atomic mass is 32.2. The molecule has 1 aliphatic rings. The molecule has 9 nitrogen and oxygen atoms in total. The number of imide groups is 1. The van der Waals surface area contributed by atoms with Crippen LogP contribution in [0.2, 0.25) is 0 Å². The predicted molar refractivity (Wildman–Crippen MR) is 122 cm³/mol. The lowest BCUT2D eigenvalue weighted by atomic mass is 10.1. The zero-order chi connectivity index (χ0) is 24.3. The van der Waals surface area contributed by atoms with Crippen molar-refractivity contribution in [2.24, 2.45) is 0 Å². The quantitative estimate of drug-likeness (QED) is 0.555. The summed E-state index contributed by atoms with van der Waals surface area (Å²) in [5.74, 6) is -1.30. The summed E-state index contributed by atoms with van der Waals surface area (Å²) in [6.07, 6.45) is 1.23. The minimum atomic E-state index is -3.60. The Morgan fingerprint density at radius 2 is 1.82 bits per heavy atom. The molecule has 0 radical (unpaired) electrons. The molecule has 0 saturated heterocycles. The molecule has 10 heteroatoms. The first kappa shape index (κ1) is 24.2. The van der Waals surface area contributed by atoms with E-state index >= 15 is 0 Å². The fraction of sp³-hybridized carbons (Fsp3) is 0.348. The third kappa shape index (κ3) is 5.00. The van der Waals surface area contributed by atoms with E-state index in [-0.39, 0.29) is 29.1 Å². The van der Waals surface area contributed by atoms with E-state index in [0.717, 1.165) is 11.2 Å². The first-order chi connectivity index (χ1) is 15.6. The van der Waals surface area contributed by atoms with Gasteiger partial charge in [-0.15, -0.1) is 0 Å². The first-order valence-electron chi connectivity index (χ1n) is 10.4. The van der Waals surface area contributed by atoms with Crippen molar-refractivity contribution in [1.29, 1.82) is 0 Å². The summed E-state index contributed by atoms with van der Waals surface area (Å²) in [6, 6.07) is 8.24. The van der Waals surface area contributed by atoms with Crippen molar-refractivity contribution in [3.8, 4) is 11.5 Å². The van der Waals surface area contributed by atoms with Crippen molar-refractivity contribution >= 4 is 33.2 Å². The minimum absolute atomic E-state index is 0.0429. The third-order valence-electron chi connectivity index (χ3n) is 5.19. The van der Waals surface area contributed by atoms with Gasteiger partial charge in [0, 0.05) is 12.7 Å². The summed E-state index contributed by atoms with van der Waals surface area (Å²) in [5, 5.41) is 2.64. The van der Waals surface area contributed by atoms with Gasteiger partial charge in [-0.2, -0.15) is 0 Å². The molecule has 0 spiro atoms. The van der Waals surface area contributed by atoms with Crippen LogP contribution >= 0.6 is 0 Å². The van der Waals surface area contributed by atoms with E-state index in [1.54, 1.807) is 38.1 Å². The van der Waals surface area contributed by atoms with Crippen molar-refractivity contribution < 1.29 is 32.3 Å². The summed E-state index contributed by atoms with van der Waals surface area (Å²) >= 11 is 0. The van der Waals surface area contributed by atoms with Gasteiger partial charge in [0.2, 0.25) is 5.91 Å². The number of fused-ring (bicyclic) bond motifs is 1. The Labute approximate surface area is 192 Å². The molecule has 0 unspecified atom stereocenters. The molecular formula is C23H26N2O7S. The molecule has 0 fully saturated rings. The number of nitrogens with one attached hydrogen (secondary N) is 1. The van der Waals surface area contributed by atoms with Gasteiger partial charge in [-0.1, -0.05) is 19.1 Å². The van der Waals surface area contributed by atoms with Gasteiger partial charge >= 0.3 is 0 Å². The van der Waals surface area contributed by atoms with Crippen molar-refractivity contribution in [2.75, 3.05) is 31.0 Å². The Kier molecular flexibility index (Phi) is 7.06. The van der Waals surface area contributed by atoms with Gasteiger partial charge in [0.15, 0.2) is 11.5 Å². The van der Waals surface area contributed by atoms with Gasteiger partial charge in [0.1, 0.15) is 9.84 Å². The second-order valence-corrected chi connectivity index (χ2v) is 9.75. The molecule has 2 aromatic rings. The van der Waals surface area contributed by atoms with Crippen molar-refractivity contribution in [3.05, 3.63) is 53.1 Å². The van der Waals surface area contributed by atoms with Gasteiger partial charge in [-0.25, -0.2) is 8.42 Å². The smallest absolute Gasteiger partial charge is 0.264 e. The molecular weight excluding hydrogens is 448 g/mol. The molecule has 0 aromatic heterocycles. The lowest BCUT2D eigenvalue weighted by Crippen LogP contribution is -2.37. The van der Waals surface area contributed by atoms with Crippen molar-refractivity contribution in [1.82, 2.24) is 4.90 Å². The molecule has 0 aliphatic carbocycles. The second-order valence-electron chi connectivity index (χ2n) is 7.56. The van der Waals surface area contributed by atoms with Gasteiger partial charge in [-0.3, -0.25) is 19.3 Å². The Hall–Kier alpha value is -3.40. The van der Waals surface area contributed by atoms with E-state index in [0.29, 0.717) is 23.7 Å². The van der Waals surface area contributed by atoms with Crippen LogP contribution in [0.15, 0.2) is 36.4 Å². The first-order valence-corrected chi connectivity index (χ1v) is 12.5. The number of methoxy groups -OCH3 is 1. The van der Waals surface area contributed by atoms with E-state index in [1.807, 2.05) is 0 Å². The number of ether oxygens (including phenoxy) is 2. The van der Waals surface area contributed by atoms with Crippen LogP contribution in [-0.4, -0.2) is 56.8 Å². The summed E-state index contributed by atoms with van der Waals surface area (Å²) < 4.78 is 35.4. The van der Waals surface area contributed by atoms with Crippen LogP contribution < -0.4 is 14.8 Å². The number of nitrogens with zero attached hydrogens (tertiary/aromatic N) is 1. The maximum Gasteiger partial charge on any atom is 0.264 e.